The molecule has 3 rings (SSSR count). The van der Waals surface area contributed by atoms with Crippen LogP contribution in [0, 0.1) is 0 Å². The van der Waals surface area contributed by atoms with Gasteiger partial charge in [-0.25, -0.2) is 0 Å². The molecule has 0 aromatic heterocycles. The van der Waals surface area contributed by atoms with Gasteiger partial charge in [-0.15, -0.1) is 0 Å². The molecule has 1 N–H and O–H groups in total. The average molecular weight is 461 g/mol. The van der Waals surface area contributed by atoms with Crippen molar-refractivity contribution in [3.05, 3.63) is 95.6 Å². The van der Waals surface area contributed by atoms with Crippen molar-refractivity contribution in [3.63, 3.8) is 0 Å². The SMILES string of the molecule is CCCCCCCCCC(O)C(c1ccccc1)(c1ccccc1)c1cccc(OC)c1OC. The molecule has 182 valence electrons. The van der Waals surface area contributed by atoms with Crippen LogP contribution >= 0.6 is 0 Å². The summed E-state index contributed by atoms with van der Waals surface area (Å²) in [6, 6.07) is 26.6. The molecule has 0 fully saturated rings. The Morgan fingerprint density at radius 3 is 1.76 bits per heavy atom. The number of para-hydroxylation sites is 1. The minimum atomic E-state index is -0.787. The van der Waals surface area contributed by atoms with E-state index in [1.807, 2.05) is 48.5 Å². The van der Waals surface area contributed by atoms with Crippen molar-refractivity contribution in [3.8, 4) is 11.5 Å². The fourth-order valence-corrected chi connectivity index (χ4v) is 5.15. The predicted octanol–water partition coefficient (Wildman–Crippen LogP) is 7.54. The van der Waals surface area contributed by atoms with Gasteiger partial charge in [0, 0.05) is 5.56 Å². The van der Waals surface area contributed by atoms with E-state index >= 15 is 0 Å². The molecule has 0 spiro atoms. The second-order valence-corrected chi connectivity index (χ2v) is 9.01. The number of aliphatic hydroxyl groups is 1. The van der Waals surface area contributed by atoms with Crippen LogP contribution in [0.4, 0.5) is 0 Å². The number of unbranched alkanes of at least 4 members (excludes halogenated alkanes) is 6. The minimum absolute atomic E-state index is 0.631. The van der Waals surface area contributed by atoms with Crippen molar-refractivity contribution in [2.75, 3.05) is 14.2 Å². The van der Waals surface area contributed by atoms with Gasteiger partial charge in [-0.1, -0.05) is 125 Å². The molecule has 0 saturated heterocycles. The van der Waals surface area contributed by atoms with Crippen LogP contribution in [0.25, 0.3) is 0 Å². The molecule has 0 heterocycles. The summed E-state index contributed by atoms with van der Waals surface area (Å²) in [5, 5.41) is 12.0. The Morgan fingerprint density at radius 1 is 0.676 bits per heavy atom. The molecule has 0 saturated carbocycles. The van der Waals surface area contributed by atoms with E-state index in [-0.39, 0.29) is 0 Å². The van der Waals surface area contributed by atoms with Crippen molar-refractivity contribution >= 4 is 0 Å². The second kappa shape index (κ2) is 13.2. The summed E-state index contributed by atoms with van der Waals surface area (Å²) in [6.45, 7) is 2.25. The van der Waals surface area contributed by atoms with E-state index in [9.17, 15) is 5.11 Å². The van der Waals surface area contributed by atoms with E-state index in [4.69, 9.17) is 9.47 Å². The van der Waals surface area contributed by atoms with Crippen LogP contribution in [0.5, 0.6) is 11.5 Å². The summed E-state index contributed by atoms with van der Waals surface area (Å²) in [7, 11) is 3.33. The van der Waals surface area contributed by atoms with Gasteiger partial charge in [0.15, 0.2) is 11.5 Å². The molecule has 3 aromatic rings. The minimum Gasteiger partial charge on any atom is -0.493 e. The molecule has 0 aliphatic rings. The molecule has 0 bridgehead atoms. The van der Waals surface area contributed by atoms with Crippen LogP contribution in [0.1, 0.15) is 75.0 Å². The number of hydrogen-bond donors (Lipinski definition) is 1. The van der Waals surface area contributed by atoms with Crippen LogP contribution < -0.4 is 9.47 Å². The van der Waals surface area contributed by atoms with Gasteiger partial charge in [0.25, 0.3) is 0 Å². The maximum absolute atomic E-state index is 12.0. The van der Waals surface area contributed by atoms with Crippen molar-refractivity contribution in [1.82, 2.24) is 0 Å². The zero-order valence-electron chi connectivity index (χ0n) is 21.0. The third-order valence-electron chi connectivity index (χ3n) is 6.87. The van der Waals surface area contributed by atoms with Gasteiger partial charge in [0.05, 0.1) is 25.7 Å². The van der Waals surface area contributed by atoms with Crippen LogP contribution in [0.3, 0.4) is 0 Å². The van der Waals surface area contributed by atoms with Crippen molar-refractivity contribution < 1.29 is 14.6 Å². The highest BCUT2D eigenvalue weighted by atomic mass is 16.5. The first-order valence-electron chi connectivity index (χ1n) is 12.7. The van der Waals surface area contributed by atoms with Crippen molar-refractivity contribution in [2.24, 2.45) is 0 Å². The zero-order valence-corrected chi connectivity index (χ0v) is 21.0. The van der Waals surface area contributed by atoms with Gasteiger partial charge >= 0.3 is 0 Å². The first-order valence-corrected chi connectivity index (χ1v) is 12.7. The zero-order chi connectivity index (χ0) is 24.2. The fraction of sp³-hybridized carbons (Fsp3) is 0.419. The third kappa shape index (κ3) is 5.64. The molecule has 1 unspecified atom stereocenters. The van der Waals surface area contributed by atoms with Crippen molar-refractivity contribution in [2.45, 2.75) is 69.8 Å². The molecule has 0 aliphatic carbocycles. The van der Waals surface area contributed by atoms with Crippen LogP contribution in [0.15, 0.2) is 78.9 Å². The first kappa shape index (κ1) is 25.8. The van der Waals surface area contributed by atoms with E-state index in [2.05, 4.69) is 37.3 Å². The number of hydrogen-bond acceptors (Lipinski definition) is 3. The summed E-state index contributed by atoms with van der Waals surface area (Å²) in [4.78, 5) is 0. The average Bonchev–Trinajstić information content (AvgIpc) is 2.89. The summed E-state index contributed by atoms with van der Waals surface area (Å²) in [6.07, 6.45) is 8.57. The highest BCUT2D eigenvalue weighted by Gasteiger charge is 2.45. The molecule has 0 aliphatic heterocycles. The normalized spacial score (nSPS) is 12.4. The Kier molecular flexibility index (Phi) is 10.0. The van der Waals surface area contributed by atoms with E-state index < -0.39 is 11.5 Å². The maximum Gasteiger partial charge on any atom is 0.165 e. The highest BCUT2D eigenvalue weighted by Crippen LogP contribution is 2.49. The lowest BCUT2D eigenvalue weighted by atomic mass is 9.64. The lowest BCUT2D eigenvalue weighted by Crippen LogP contribution is -2.42. The molecular formula is C31H40O3. The number of methoxy groups -OCH3 is 2. The van der Waals surface area contributed by atoms with Gasteiger partial charge in [0.2, 0.25) is 0 Å². The topological polar surface area (TPSA) is 38.7 Å². The van der Waals surface area contributed by atoms with Gasteiger partial charge in [0.1, 0.15) is 0 Å². The largest absolute Gasteiger partial charge is 0.493 e. The Morgan fingerprint density at radius 2 is 1.24 bits per heavy atom. The smallest absolute Gasteiger partial charge is 0.165 e. The summed E-state index contributed by atoms with van der Waals surface area (Å²) < 4.78 is 11.6. The van der Waals surface area contributed by atoms with Gasteiger partial charge < -0.3 is 14.6 Å². The molecule has 3 aromatic carbocycles. The van der Waals surface area contributed by atoms with Gasteiger partial charge in [-0.05, 0) is 23.6 Å². The molecule has 34 heavy (non-hydrogen) atoms. The predicted molar refractivity (Wildman–Crippen MR) is 141 cm³/mol. The first-order chi connectivity index (χ1) is 16.7. The molecule has 0 amide bonds. The Bertz CT molecular complexity index is 929. The molecule has 3 nitrogen and oxygen atoms in total. The van der Waals surface area contributed by atoms with E-state index in [1.165, 1.54) is 32.1 Å². The third-order valence-corrected chi connectivity index (χ3v) is 6.87. The lowest BCUT2D eigenvalue weighted by Gasteiger charge is -2.41. The molecular weight excluding hydrogens is 420 g/mol. The standard InChI is InChI=1S/C31H40O3/c1-4-5-6-7-8-9-16-24-29(32)31(25-18-12-10-13-19-25,26-20-14-11-15-21-26)27-22-17-23-28(33-2)30(27)34-3/h10-15,17-23,29,32H,4-9,16,24H2,1-3H3. The Balaban J connectivity index is 2.08. The Hall–Kier alpha value is -2.78. The van der Waals surface area contributed by atoms with E-state index in [0.29, 0.717) is 17.9 Å². The van der Waals surface area contributed by atoms with Crippen LogP contribution in [0.2, 0.25) is 0 Å². The monoisotopic (exact) mass is 460 g/mol. The quantitative estimate of drug-likeness (QED) is 0.199. The van der Waals surface area contributed by atoms with Crippen molar-refractivity contribution in [1.29, 1.82) is 0 Å². The number of ether oxygens (including phenoxy) is 2. The lowest BCUT2D eigenvalue weighted by molar-refractivity contribution is 0.107. The summed E-state index contributed by atoms with van der Waals surface area (Å²) >= 11 is 0. The summed E-state index contributed by atoms with van der Waals surface area (Å²) in [5.41, 5.74) is 2.22. The number of aliphatic hydroxyl groups excluding tert-OH is 1. The molecule has 0 radical (unpaired) electrons. The molecule has 3 heteroatoms. The van der Waals surface area contributed by atoms with Crippen LogP contribution in [-0.2, 0) is 5.41 Å². The molecule has 1 atom stereocenters. The number of benzene rings is 3. The van der Waals surface area contributed by atoms with E-state index in [0.717, 1.165) is 29.5 Å². The Labute approximate surface area is 205 Å². The summed E-state index contributed by atoms with van der Waals surface area (Å²) in [5.74, 6) is 1.33. The maximum atomic E-state index is 12.0. The number of rotatable bonds is 14. The van der Waals surface area contributed by atoms with Gasteiger partial charge in [-0.2, -0.15) is 0 Å². The second-order valence-electron chi connectivity index (χ2n) is 9.01. The van der Waals surface area contributed by atoms with E-state index in [1.54, 1.807) is 14.2 Å². The fourth-order valence-electron chi connectivity index (χ4n) is 5.15. The van der Waals surface area contributed by atoms with Crippen LogP contribution in [-0.4, -0.2) is 25.4 Å². The highest BCUT2D eigenvalue weighted by molar-refractivity contribution is 5.60. The van der Waals surface area contributed by atoms with Gasteiger partial charge in [-0.3, -0.25) is 0 Å².